The van der Waals surface area contributed by atoms with Crippen LogP contribution in [0.15, 0.2) is 36.6 Å². The lowest BCUT2D eigenvalue weighted by Gasteiger charge is -2.16. The van der Waals surface area contributed by atoms with Crippen molar-refractivity contribution in [1.29, 1.82) is 0 Å². The number of halogens is 1. The number of carbonyl (C=O) groups is 1. The largest absolute Gasteiger partial charge is 0.476 e. The molecule has 0 amide bonds. The minimum atomic E-state index is -1.58. The molecule has 0 spiro atoms. The lowest BCUT2D eigenvalue weighted by molar-refractivity contribution is -0.134. The van der Waals surface area contributed by atoms with Crippen molar-refractivity contribution in [2.24, 2.45) is 0 Å². The number of nitrogens with zero attached hydrogens (tertiary/aromatic N) is 1. The average molecular weight is 170 g/mol. The van der Waals surface area contributed by atoms with Crippen molar-refractivity contribution in [3.05, 3.63) is 36.6 Å². The maximum absolute atomic E-state index is 12.4. The van der Waals surface area contributed by atoms with Crippen LogP contribution in [0.25, 0.3) is 0 Å². The van der Waals surface area contributed by atoms with E-state index in [0.717, 1.165) is 6.20 Å². The first kappa shape index (κ1) is 8.32. The number of hydrogen-bond acceptors (Lipinski definition) is 3. The van der Waals surface area contributed by atoms with Crippen LogP contribution in [-0.4, -0.2) is 16.1 Å². The summed E-state index contributed by atoms with van der Waals surface area (Å²) in [6.45, 7) is 0. The summed E-state index contributed by atoms with van der Waals surface area (Å²) >= 11 is 0. The summed E-state index contributed by atoms with van der Waals surface area (Å²) in [5.74, 6) is -2.80. The van der Waals surface area contributed by atoms with Gasteiger partial charge in [0, 0.05) is 12.4 Å². The normalized spacial score (nSPS) is 16.1. The molecule has 1 aliphatic heterocycles. The fraction of sp³-hybridized carbons (Fsp3) is 0. The Kier molecular flexibility index (Phi) is 2.47. The molecule has 0 bridgehead atoms. The molecule has 0 saturated carbocycles. The molecule has 1 aliphatic rings. The van der Waals surface area contributed by atoms with Gasteiger partial charge in [0.15, 0.2) is 0 Å². The van der Waals surface area contributed by atoms with Gasteiger partial charge in [-0.2, -0.15) is 4.39 Å². The quantitative estimate of drug-likeness (QED) is 0.600. The number of carboxylic acid groups (broad SMARTS) is 1. The lowest BCUT2D eigenvalue weighted by Crippen LogP contribution is -2.25. The summed E-state index contributed by atoms with van der Waals surface area (Å²) in [5, 5.41) is 9.37. The van der Waals surface area contributed by atoms with Gasteiger partial charge in [0.1, 0.15) is 0 Å². The minimum Gasteiger partial charge on any atom is -0.476 e. The Labute approximate surface area is 68.3 Å². The molecule has 1 rings (SSSR count). The summed E-state index contributed by atoms with van der Waals surface area (Å²) in [5.41, 5.74) is 2.59. The highest BCUT2D eigenvalue weighted by Crippen LogP contribution is 2.00. The third kappa shape index (κ3) is 2.12. The summed E-state index contributed by atoms with van der Waals surface area (Å²) in [6.07, 6.45) is 7.21. The molecule has 0 aromatic carbocycles. The third-order valence-electron chi connectivity index (χ3n) is 1.13. The number of nitrogens with one attached hydrogen (secondary N) is 1. The number of rotatable bonds is 2. The van der Waals surface area contributed by atoms with Crippen molar-refractivity contribution in [2.45, 2.75) is 0 Å². The van der Waals surface area contributed by atoms with E-state index in [1.165, 1.54) is 11.2 Å². The smallest absolute Gasteiger partial charge is 0.366 e. The molecule has 12 heavy (non-hydrogen) atoms. The van der Waals surface area contributed by atoms with Crippen LogP contribution in [0.1, 0.15) is 0 Å². The zero-order valence-corrected chi connectivity index (χ0v) is 6.07. The molecule has 5 heteroatoms. The maximum atomic E-state index is 12.4. The molecule has 0 fully saturated rings. The van der Waals surface area contributed by atoms with E-state index in [0.29, 0.717) is 0 Å². The van der Waals surface area contributed by atoms with Gasteiger partial charge in [-0.3, -0.25) is 5.01 Å². The van der Waals surface area contributed by atoms with Gasteiger partial charge < -0.3 is 10.5 Å². The van der Waals surface area contributed by atoms with Crippen molar-refractivity contribution < 1.29 is 14.3 Å². The van der Waals surface area contributed by atoms with Gasteiger partial charge in [0.25, 0.3) is 0 Å². The SMILES string of the molecule is O=C(O)/C(F)=C/N1C=CC=CN1. The van der Waals surface area contributed by atoms with E-state index >= 15 is 0 Å². The molecule has 4 nitrogen and oxygen atoms in total. The Morgan fingerprint density at radius 1 is 1.58 bits per heavy atom. The molecular weight excluding hydrogens is 163 g/mol. The lowest BCUT2D eigenvalue weighted by atomic mass is 10.5. The molecule has 64 valence electrons. The predicted octanol–water partition coefficient (Wildman–Crippen LogP) is 0.730. The van der Waals surface area contributed by atoms with Gasteiger partial charge in [-0.1, -0.05) is 0 Å². The topological polar surface area (TPSA) is 52.6 Å². The highest BCUT2D eigenvalue weighted by Gasteiger charge is 2.06. The zero-order valence-electron chi connectivity index (χ0n) is 6.07. The molecule has 0 atom stereocenters. The first-order valence-corrected chi connectivity index (χ1v) is 3.18. The second-order valence-electron chi connectivity index (χ2n) is 2.02. The summed E-state index contributed by atoms with van der Waals surface area (Å²) < 4.78 is 12.4. The van der Waals surface area contributed by atoms with Crippen LogP contribution in [0.3, 0.4) is 0 Å². The first-order chi connectivity index (χ1) is 5.70. The monoisotopic (exact) mass is 170 g/mol. The number of hydrogen-bond donors (Lipinski definition) is 2. The fourth-order valence-corrected chi connectivity index (χ4v) is 0.628. The Hall–Kier alpha value is -1.78. The van der Waals surface area contributed by atoms with Gasteiger partial charge in [-0.15, -0.1) is 0 Å². The van der Waals surface area contributed by atoms with Gasteiger partial charge in [-0.25, -0.2) is 4.79 Å². The van der Waals surface area contributed by atoms with Crippen molar-refractivity contribution in [3.63, 3.8) is 0 Å². The van der Waals surface area contributed by atoms with Crippen molar-refractivity contribution >= 4 is 5.97 Å². The number of hydrazine groups is 1. The molecule has 0 aromatic heterocycles. The molecule has 0 radical (unpaired) electrons. The predicted molar refractivity (Wildman–Crippen MR) is 40.1 cm³/mol. The standard InChI is InChI=1S/C7H7FN2O2/c8-6(7(11)12)5-10-4-2-1-3-9-10/h1-5,9H,(H,11,12)/b6-5-. The molecule has 0 aromatic rings. The van der Waals surface area contributed by atoms with Gasteiger partial charge in [-0.05, 0) is 12.2 Å². The Morgan fingerprint density at radius 3 is 2.83 bits per heavy atom. The zero-order chi connectivity index (χ0) is 8.97. The molecule has 0 unspecified atom stereocenters. The van der Waals surface area contributed by atoms with E-state index in [1.807, 2.05) is 0 Å². The van der Waals surface area contributed by atoms with E-state index in [-0.39, 0.29) is 0 Å². The molecular formula is C7H7FN2O2. The van der Waals surface area contributed by atoms with Crippen LogP contribution in [0.5, 0.6) is 0 Å². The maximum Gasteiger partial charge on any atom is 0.366 e. The Balaban J connectivity index is 2.61. The number of aliphatic carboxylic acids is 1. The number of carboxylic acids is 1. The Morgan fingerprint density at radius 2 is 2.33 bits per heavy atom. The molecule has 2 N–H and O–H groups in total. The summed E-state index contributed by atoms with van der Waals surface area (Å²) in [6, 6.07) is 0. The second kappa shape index (κ2) is 3.56. The van der Waals surface area contributed by atoms with Crippen LogP contribution in [-0.2, 0) is 4.79 Å². The van der Waals surface area contributed by atoms with Gasteiger partial charge in [0.2, 0.25) is 5.83 Å². The van der Waals surface area contributed by atoms with Gasteiger partial charge in [0.05, 0.1) is 6.20 Å². The molecule has 1 heterocycles. The minimum absolute atomic E-state index is 0.836. The van der Waals surface area contributed by atoms with Crippen LogP contribution >= 0.6 is 0 Å². The highest BCUT2D eigenvalue weighted by molar-refractivity contribution is 5.83. The third-order valence-corrected chi connectivity index (χ3v) is 1.13. The van der Waals surface area contributed by atoms with Crippen molar-refractivity contribution in [2.75, 3.05) is 0 Å². The van der Waals surface area contributed by atoms with Crippen LogP contribution in [0.4, 0.5) is 4.39 Å². The molecule has 0 saturated heterocycles. The first-order valence-electron chi connectivity index (χ1n) is 3.18. The summed E-state index contributed by atoms with van der Waals surface area (Å²) in [7, 11) is 0. The average Bonchev–Trinajstić information content (AvgIpc) is 2.06. The van der Waals surface area contributed by atoms with E-state index in [9.17, 15) is 9.18 Å². The highest BCUT2D eigenvalue weighted by atomic mass is 19.1. The van der Waals surface area contributed by atoms with E-state index in [1.54, 1.807) is 18.4 Å². The van der Waals surface area contributed by atoms with Gasteiger partial charge >= 0.3 is 5.97 Å². The van der Waals surface area contributed by atoms with Crippen molar-refractivity contribution in [3.8, 4) is 0 Å². The van der Waals surface area contributed by atoms with Crippen LogP contribution in [0, 0.1) is 0 Å². The van der Waals surface area contributed by atoms with E-state index in [2.05, 4.69) is 5.43 Å². The van der Waals surface area contributed by atoms with Crippen LogP contribution in [0.2, 0.25) is 0 Å². The van der Waals surface area contributed by atoms with Crippen LogP contribution < -0.4 is 5.43 Å². The molecule has 0 aliphatic carbocycles. The van der Waals surface area contributed by atoms with E-state index in [4.69, 9.17) is 5.11 Å². The van der Waals surface area contributed by atoms with Crippen molar-refractivity contribution in [1.82, 2.24) is 10.4 Å². The number of allylic oxidation sites excluding steroid dienone is 2. The summed E-state index contributed by atoms with van der Waals surface area (Å²) in [4.78, 5) is 10.0. The fourth-order valence-electron chi connectivity index (χ4n) is 0.628. The van der Waals surface area contributed by atoms with E-state index < -0.39 is 11.8 Å². The second-order valence-corrected chi connectivity index (χ2v) is 2.02. The Bertz CT molecular complexity index is 271.